The third-order valence-corrected chi connectivity index (χ3v) is 2.75. The minimum Gasteiger partial charge on any atom is -0.512 e. The Morgan fingerprint density at radius 3 is 2.61 bits per heavy atom. The summed E-state index contributed by atoms with van der Waals surface area (Å²) < 4.78 is 0. The molecule has 0 spiro atoms. The summed E-state index contributed by atoms with van der Waals surface area (Å²) in [5, 5.41) is 12.9. The molecule has 0 bridgehead atoms. The zero-order chi connectivity index (χ0) is 13.5. The average Bonchev–Trinajstić information content (AvgIpc) is 2.37. The number of carbonyl (C=O) groups is 1. The molecule has 0 atom stereocenters. The summed E-state index contributed by atoms with van der Waals surface area (Å²) in [7, 11) is 0. The molecule has 4 heteroatoms. The van der Waals surface area contributed by atoms with Crippen molar-refractivity contribution in [2.45, 2.75) is 46.5 Å². The predicted molar refractivity (Wildman–Crippen MR) is 73.7 cm³/mol. The van der Waals surface area contributed by atoms with Crippen LogP contribution in [0.4, 0.5) is 0 Å². The number of rotatable bonds is 1. The van der Waals surface area contributed by atoms with Crippen molar-refractivity contribution in [2.75, 3.05) is 6.54 Å². The summed E-state index contributed by atoms with van der Waals surface area (Å²) in [5.41, 5.74) is 1.90. The van der Waals surface area contributed by atoms with Crippen LogP contribution in [0, 0.1) is 0 Å². The molecule has 1 rings (SSSR count). The Bertz CT molecular complexity index is 398. The van der Waals surface area contributed by atoms with Crippen molar-refractivity contribution in [1.82, 2.24) is 5.32 Å². The second-order valence-corrected chi connectivity index (χ2v) is 4.82. The standard InChI is InChI=1S/C14H22N2O2/c1-10(2)9-16-14-13(11(3)17)6-4-5-12(18)7-8-15-14/h9,17H,4-8H2,1-3H3,(H,15,16)/b13-11+. The zero-order valence-electron chi connectivity index (χ0n) is 11.4. The molecule has 100 valence electrons. The van der Waals surface area contributed by atoms with E-state index in [-0.39, 0.29) is 11.5 Å². The molecule has 4 nitrogen and oxygen atoms in total. The van der Waals surface area contributed by atoms with Gasteiger partial charge in [0.25, 0.3) is 0 Å². The van der Waals surface area contributed by atoms with Crippen LogP contribution in [-0.2, 0) is 4.79 Å². The number of aliphatic hydroxyl groups is 1. The van der Waals surface area contributed by atoms with Crippen LogP contribution in [0.25, 0.3) is 0 Å². The average molecular weight is 250 g/mol. The fourth-order valence-electron chi connectivity index (χ4n) is 1.80. The highest BCUT2D eigenvalue weighted by Crippen LogP contribution is 2.15. The van der Waals surface area contributed by atoms with Gasteiger partial charge >= 0.3 is 0 Å². The highest BCUT2D eigenvalue weighted by atomic mass is 16.3. The molecule has 0 aromatic heterocycles. The van der Waals surface area contributed by atoms with E-state index in [1.807, 2.05) is 13.8 Å². The lowest BCUT2D eigenvalue weighted by molar-refractivity contribution is -0.119. The first-order chi connectivity index (χ1) is 8.50. The van der Waals surface area contributed by atoms with Crippen LogP contribution >= 0.6 is 0 Å². The maximum absolute atomic E-state index is 11.5. The lowest BCUT2D eigenvalue weighted by Crippen LogP contribution is -2.27. The Kier molecular flexibility index (Phi) is 5.62. The van der Waals surface area contributed by atoms with E-state index in [0.29, 0.717) is 31.6 Å². The van der Waals surface area contributed by atoms with E-state index in [0.717, 1.165) is 17.6 Å². The summed E-state index contributed by atoms with van der Waals surface area (Å²) in [6.07, 6.45) is 4.31. The van der Waals surface area contributed by atoms with Crippen LogP contribution in [0.5, 0.6) is 0 Å². The first-order valence-corrected chi connectivity index (χ1v) is 6.36. The number of carbonyl (C=O) groups excluding carboxylic acids is 1. The first-order valence-electron chi connectivity index (χ1n) is 6.36. The van der Waals surface area contributed by atoms with Gasteiger partial charge in [-0.25, -0.2) is 4.99 Å². The van der Waals surface area contributed by atoms with Crippen molar-refractivity contribution in [3.63, 3.8) is 0 Å². The van der Waals surface area contributed by atoms with Gasteiger partial charge in [0, 0.05) is 31.2 Å². The lowest BCUT2D eigenvalue weighted by Gasteiger charge is -2.11. The molecule has 0 aliphatic carbocycles. The van der Waals surface area contributed by atoms with E-state index >= 15 is 0 Å². The molecule has 0 aromatic rings. The predicted octanol–water partition coefficient (Wildman–Crippen LogP) is 2.87. The van der Waals surface area contributed by atoms with Gasteiger partial charge in [0.2, 0.25) is 0 Å². The Morgan fingerprint density at radius 1 is 1.28 bits per heavy atom. The van der Waals surface area contributed by atoms with E-state index in [1.165, 1.54) is 0 Å². The van der Waals surface area contributed by atoms with E-state index in [9.17, 15) is 9.90 Å². The van der Waals surface area contributed by atoms with E-state index in [1.54, 1.807) is 13.1 Å². The van der Waals surface area contributed by atoms with Crippen molar-refractivity contribution >= 4 is 11.6 Å². The molecule has 1 aliphatic heterocycles. The fourth-order valence-corrected chi connectivity index (χ4v) is 1.80. The van der Waals surface area contributed by atoms with Crippen LogP contribution in [0.15, 0.2) is 28.1 Å². The molecule has 1 fully saturated rings. The van der Waals surface area contributed by atoms with Crippen LogP contribution in [-0.4, -0.2) is 23.3 Å². The number of ketones is 1. The Balaban J connectivity index is 2.99. The summed E-state index contributed by atoms with van der Waals surface area (Å²) in [4.78, 5) is 15.8. The third kappa shape index (κ3) is 4.73. The highest BCUT2D eigenvalue weighted by Gasteiger charge is 2.14. The van der Waals surface area contributed by atoms with Gasteiger partial charge < -0.3 is 10.4 Å². The number of aliphatic imine (C=N–C) groups is 1. The van der Waals surface area contributed by atoms with E-state index in [4.69, 9.17) is 0 Å². The number of nitrogens with one attached hydrogen (secondary N) is 1. The molecule has 0 unspecified atom stereocenters. The van der Waals surface area contributed by atoms with Gasteiger partial charge in [-0.3, -0.25) is 4.79 Å². The molecule has 0 amide bonds. The number of amidine groups is 1. The molecule has 1 saturated heterocycles. The molecule has 1 heterocycles. The SMILES string of the molecule is CC(C)=C/N=C1/NCCC(=O)CCC/C1=C(/C)O. The summed E-state index contributed by atoms with van der Waals surface area (Å²) in [6, 6.07) is 0. The van der Waals surface area contributed by atoms with Crippen LogP contribution in [0.3, 0.4) is 0 Å². The minimum absolute atomic E-state index is 0.265. The summed E-state index contributed by atoms with van der Waals surface area (Å²) in [6.45, 7) is 6.18. The monoisotopic (exact) mass is 250 g/mol. The topological polar surface area (TPSA) is 61.7 Å². The molecular formula is C14H22N2O2. The number of Topliss-reactive ketones (excluding diaryl/α,β-unsaturated/α-hetero) is 1. The van der Waals surface area contributed by atoms with Gasteiger partial charge in [0.1, 0.15) is 11.6 Å². The van der Waals surface area contributed by atoms with Crippen molar-refractivity contribution in [3.05, 3.63) is 23.1 Å². The van der Waals surface area contributed by atoms with Crippen molar-refractivity contribution < 1.29 is 9.90 Å². The van der Waals surface area contributed by atoms with Gasteiger partial charge in [-0.15, -0.1) is 0 Å². The molecule has 0 aromatic carbocycles. The van der Waals surface area contributed by atoms with Gasteiger partial charge in [0.15, 0.2) is 0 Å². The van der Waals surface area contributed by atoms with Crippen LogP contribution < -0.4 is 5.32 Å². The molecule has 0 saturated carbocycles. The Morgan fingerprint density at radius 2 is 2.00 bits per heavy atom. The smallest absolute Gasteiger partial charge is 0.134 e. The normalized spacial score (nSPS) is 22.6. The fraction of sp³-hybridized carbons (Fsp3) is 0.571. The third-order valence-electron chi connectivity index (χ3n) is 2.75. The largest absolute Gasteiger partial charge is 0.512 e. The Hall–Kier alpha value is -1.58. The molecule has 18 heavy (non-hydrogen) atoms. The van der Waals surface area contributed by atoms with Crippen molar-refractivity contribution in [2.24, 2.45) is 4.99 Å². The van der Waals surface area contributed by atoms with Gasteiger partial charge in [-0.2, -0.15) is 0 Å². The second-order valence-electron chi connectivity index (χ2n) is 4.82. The van der Waals surface area contributed by atoms with Crippen molar-refractivity contribution in [1.29, 1.82) is 0 Å². The number of aliphatic hydroxyl groups excluding tert-OH is 1. The molecular weight excluding hydrogens is 228 g/mol. The number of nitrogens with zero attached hydrogens (tertiary/aromatic N) is 1. The molecule has 0 radical (unpaired) electrons. The number of hydrogen-bond acceptors (Lipinski definition) is 3. The second kappa shape index (κ2) is 6.99. The van der Waals surface area contributed by atoms with Crippen LogP contribution in [0.2, 0.25) is 0 Å². The Labute approximate surface area is 108 Å². The number of hydrogen-bond donors (Lipinski definition) is 2. The maximum atomic E-state index is 11.5. The minimum atomic E-state index is 0.265. The van der Waals surface area contributed by atoms with Gasteiger partial charge in [0.05, 0.1) is 5.76 Å². The lowest BCUT2D eigenvalue weighted by atomic mass is 10.1. The molecule has 2 N–H and O–H groups in total. The van der Waals surface area contributed by atoms with Gasteiger partial charge in [-0.05, 0) is 33.6 Å². The number of allylic oxidation sites excluding steroid dienone is 2. The highest BCUT2D eigenvalue weighted by molar-refractivity contribution is 5.99. The summed E-state index contributed by atoms with van der Waals surface area (Å²) >= 11 is 0. The van der Waals surface area contributed by atoms with E-state index < -0.39 is 0 Å². The van der Waals surface area contributed by atoms with Crippen LogP contribution in [0.1, 0.15) is 46.5 Å². The zero-order valence-corrected chi connectivity index (χ0v) is 11.4. The first kappa shape index (κ1) is 14.5. The quantitative estimate of drug-likeness (QED) is 0.703. The summed E-state index contributed by atoms with van der Waals surface area (Å²) in [5.74, 6) is 1.23. The maximum Gasteiger partial charge on any atom is 0.134 e. The molecule has 1 aliphatic rings. The van der Waals surface area contributed by atoms with Crippen molar-refractivity contribution in [3.8, 4) is 0 Å². The van der Waals surface area contributed by atoms with E-state index in [2.05, 4.69) is 10.3 Å². The van der Waals surface area contributed by atoms with Gasteiger partial charge in [-0.1, -0.05) is 5.57 Å².